The average molecular weight is 329 g/mol. The van der Waals surface area contributed by atoms with E-state index in [9.17, 15) is 4.79 Å². The van der Waals surface area contributed by atoms with E-state index in [1.54, 1.807) is 7.11 Å². The fourth-order valence-electron chi connectivity index (χ4n) is 5.56. The first kappa shape index (κ1) is 15.9. The molecule has 0 spiro atoms. The molecular weight excluding hydrogens is 302 g/mol. The van der Waals surface area contributed by atoms with E-state index >= 15 is 0 Å². The maximum absolute atomic E-state index is 13.1. The minimum atomic E-state index is -0.109. The van der Waals surface area contributed by atoms with Crippen molar-refractivity contribution in [1.82, 2.24) is 0 Å². The van der Waals surface area contributed by atoms with E-state index in [4.69, 9.17) is 9.47 Å². The van der Waals surface area contributed by atoms with Crippen molar-refractivity contribution in [2.45, 2.75) is 38.5 Å². The molecule has 0 saturated heterocycles. The second kappa shape index (κ2) is 6.40. The zero-order valence-corrected chi connectivity index (χ0v) is 14.4. The zero-order valence-electron chi connectivity index (χ0n) is 14.4. The fraction of sp³-hybridized carbons (Fsp3) is 0.650. The summed E-state index contributed by atoms with van der Waals surface area (Å²) in [6, 6.07) is 7.70. The highest BCUT2D eigenvalue weighted by Crippen LogP contribution is 2.60. The molecule has 0 heterocycles. The molecule has 0 radical (unpaired) electrons. The summed E-state index contributed by atoms with van der Waals surface area (Å²) in [6.45, 7) is 1.08. The van der Waals surface area contributed by atoms with Crippen molar-refractivity contribution in [3.63, 3.8) is 0 Å². The van der Waals surface area contributed by atoms with E-state index in [0.29, 0.717) is 13.2 Å². The SMILES string of the molecule is COCCOc1cccc(NC(=O)C23CC4CC(CC(C4)C2)C3)c1. The van der Waals surface area contributed by atoms with Crippen LogP contribution in [0, 0.1) is 23.2 Å². The summed E-state index contributed by atoms with van der Waals surface area (Å²) in [7, 11) is 1.66. The smallest absolute Gasteiger partial charge is 0.230 e. The van der Waals surface area contributed by atoms with Gasteiger partial charge in [-0.05, 0) is 68.4 Å². The third kappa shape index (κ3) is 3.04. The first-order valence-corrected chi connectivity index (χ1v) is 9.20. The van der Waals surface area contributed by atoms with Gasteiger partial charge in [-0.2, -0.15) is 0 Å². The van der Waals surface area contributed by atoms with Crippen LogP contribution in [0.4, 0.5) is 5.69 Å². The van der Waals surface area contributed by atoms with Gasteiger partial charge >= 0.3 is 0 Å². The second-order valence-corrected chi connectivity index (χ2v) is 8.02. The number of hydrogen-bond donors (Lipinski definition) is 1. The van der Waals surface area contributed by atoms with Gasteiger partial charge in [0.15, 0.2) is 0 Å². The van der Waals surface area contributed by atoms with Crippen LogP contribution in [-0.4, -0.2) is 26.2 Å². The van der Waals surface area contributed by atoms with E-state index in [0.717, 1.165) is 48.5 Å². The number of rotatable bonds is 6. The molecular formula is C20H27NO3. The summed E-state index contributed by atoms with van der Waals surface area (Å²) in [6.07, 6.45) is 7.35. The summed E-state index contributed by atoms with van der Waals surface area (Å²) in [5.74, 6) is 3.35. The highest BCUT2D eigenvalue weighted by molar-refractivity contribution is 5.95. The predicted molar refractivity (Wildman–Crippen MR) is 93.0 cm³/mol. The molecule has 1 amide bonds. The quantitative estimate of drug-likeness (QED) is 0.806. The Morgan fingerprint density at radius 1 is 1.12 bits per heavy atom. The highest BCUT2D eigenvalue weighted by Gasteiger charge is 2.54. The van der Waals surface area contributed by atoms with E-state index in [2.05, 4.69) is 5.32 Å². The standard InChI is InChI=1S/C20H27NO3/c1-23-5-6-24-18-4-2-3-17(10-18)21-19(22)20-11-14-7-15(12-20)9-16(8-14)13-20/h2-4,10,14-16H,5-9,11-13H2,1H3,(H,21,22). The Bertz CT molecular complexity index is 577. The molecule has 0 unspecified atom stereocenters. The number of ether oxygens (including phenoxy) is 2. The van der Waals surface area contributed by atoms with Gasteiger partial charge in [-0.1, -0.05) is 6.07 Å². The first-order chi connectivity index (χ1) is 11.7. The lowest BCUT2D eigenvalue weighted by Crippen LogP contribution is -2.51. The van der Waals surface area contributed by atoms with Crippen molar-refractivity contribution in [3.8, 4) is 5.75 Å². The molecule has 4 nitrogen and oxygen atoms in total. The maximum Gasteiger partial charge on any atom is 0.230 e. The lowest BCUT2D eigenvalue weighted by molar-refractivity contribution is -0.140. The van der Waals surface area contributed by atoms with Gasteiger partial charge in [0.1, 0.15) is 12.4 Å². The predicted octanol–water partition coefficient (Wildman–Crippen LogP) is 3.87. The lowest BCUT2D eigenvalue weighted by atomic mass is 9.49. The van der Waals surface area contributed by atoms with Crippen molar-refractivity contribution < 1.29 is 14.3 Å². The molecule has 0 aliphatic heterocycles. The number of benzene rings is 1. The van der Waals surface area contributed by atoms with E-state index in [1.807, 2.05) is 24.3 Å². The number of carbonyl (C=O) groups excluding carboxylic acids is 1. The molecule has 5 rings (SSSR count). The molecule has 4 bridgehead atoms. The number of methoxy groups -OCH3 is 1. The molecule has 4 aliphatic carbocycles. The monoisotopic (exact) mass is 329 g/mol. The zero-order chi connectivity index (χ0) is 16.6. The lowest BCUT2D eigenvalue weighted by Gasteiger charge is -2.55. The topological polar surface area (TPSA) is 47.6 Å². The van der Waals surface area contributed by atoms with Crippen LogP contribution in [0.3, 0.4) is 0 Å². The second-order valence-electron chi connectivity index (χ2n) is 8.02. The van der Waals surface area contributed by atoms with Gasteiger partial charge in [0.25, 0.3) is 0 Å². The van der Waals surface area contributed by atoms with Crippen molar-refractivity contribution in [1.29, 1.82) is 0 Å². The van der Waals surface area contributed by atoms with Gasteiger partial charge in [0, 0.05) is 18.9 Å². The molecule has 1 N–H and O–H groups in total. The van der Waals surface area contributed by atoms with Gasteiger partial charge in [-0.15, -0.1) is 0 Å². The van der Waals surface area contributed by atoms with Crippen LogP contribution in [-0.2, 0) is 9.53 Å². The number of hydrogen-bond acceptors (Lipinski definition) is 3. The molecule has 4 fully saturated rings. The van der Waals surface area contributed by atoms with Crippen molar-refractivity contribution in [3.05, 3.63) is 24.3 Å². The number of carbonyl (C=O) groups is 1. The van der Waals surface area contributed by atoms with Crippen LogP contribution in [0.5, 0.6) is 5.75 Å². The minimum Gasteiger partial charge on any atom is -0.491 e. The summed E-state index contributed by atoms with van der Waals surface area (Å²) in [5, 5.41) is 3.18. The maximum atomic E-state index is 13.1. The fourth-order valence-corrected chi connectivity index (χ4v) is 5.56. The Morgan fingerprint density at radius 2 is 1.79 bits per heavy atom. The Labute approximate surface area is 143 Å². The summed E-state index contributed by atoms with van der Waals surface area (Å²) in [4.78, 5) is 13.1. The largest absolute Gasteiger partial charge is 0.491 e. The Balaban J connectivity index is 1.43. The van der Waals surface area contributed by atoms with Crippen LogP contribution >= 0.6 is 0 Å². The molecule has 1 aromatic rings. The molecule has 130 valence electrons. The van der Waals surface area contributed by atoms with Gasteiger partial charge in [-0.3, -0.25) is 4.79 Å². The van der Waals surface area contributed by atoms with Gasteiger partial charge in [0.2, 0.25) is 5.91 Å². The van der Waals surface area contributed by atoms with Gasteiger partial charge < -0.3 is 14.8 Å². The number of nitrogens with one attached hydrogen (secondary N) is 1. The van der Waals surface area contributed by atoms with Crippen molar-refractivity contribution in [2.24, 2.45) is 23.2 Å². The average Bonchev–Trinajstić information content (AvgIpc) is 2.54. The molecule has 1 aromatic carbocycles. The highest BCUT2D eigenvalue weighted by atomic mass is 16.5. The van der Waals surface area contributed by atoms with Crippen LogP contribution in [0.25, 0.3) is 0 Å². The van der Waals surface area contributed by atoms with Crippen LogP contribution in [0.2, 0.25) is 0 Å². The van der Waals surface area contributed by atoms with Crippen LogP contribution < -0.4 is 10.1 Å². The van der Waals surface area contributed by atoms with Crippen molar-refractivity contribution >= 4 is 11.6 Å². The third-order valence-corrected chi connectivity index (χ3v) is 6.17. The van der Waals surface area contributed by atoms with E-state index < -0.39 is 0 Å². The normalized spacial score (nSPS) is 33.5. The molecule has 0 atom stereocenters. The third-order valence-electron chi connectivity index (χ3n) is 6.17. The summed E-state index contributed by atoms with van der Waals surface area (Å²) < 4.78 is 10.6. The Hall–Kier alpha value is -1.55. The summed E-state index contributed by atoms with van der Waals surface area (Å²) in [5.41, 5.74) is 0.729. The van der Waals surface area contributed by atoms with Crippen molar-refractivity contribution in [2.75, 3.05) is 25.6 Å². The number of anilines is 1. The van der Waals surface area contributed by atoms with Gasteiger partial charge in [-0.25, -0.2) is 0 Å². The first-order valence-electron chi connectivity index (χ1n) is 9.20. The van der Waals surface area contributed by atoms with Gasteiger partial charge in [0.05, 0.1) is 12.0 Å². The minimum absolute atomic E-state index is 0.109. The summed E-state index contributed by atoms with van der Waals surface area (Å²) >= 11 is 0. The molecule has 4 heteroatoms. The number of amides is 1. The van der Waals surface area contributed by atoms with Crippen LogP contribution in [0.15, 0.2) is 24.3 Å². The Kier molecular flexibility index (Phi) is 4.25. The molecule has 4 saturated carbocycles. The molecule has 24 heavy (non-hydrogen) atoms. The van der Waals surface area contributed by atoms with Crippen LogP contribution in [0.1, 0.15) is 38.5 Å². The van der Waals surface area contributed by atoms with E-state index in [1.165, 1.54) is 19.3 Å². The Morgan fingerprint density at radius 3 is 2.42 bits per heavy atom. The molecule has 4 aliphatic rings. The van der Waals surface area contributed by atoms with E-state index in [-0.39, 0.29) is 11.3 Å². The molecule has 0 aromatic heterocycles.